The highest BCUT2D eigenvalue weighted by atomic mass is 35.5. The van der Waals surface area contributed by atoms with E-state index in [2.05, 4.69) is 29.6 Å². The molecular weight excluding hydrogens is 360 g/mol. The maximum absolute atomic E-state index is 12.3. The van der Waals surface area contributed by atoms with Gasteiger partial charge in [-0.25, -0.2) is 4.79 Å². The van der Waals surface area contributed by atoms with Crippen LogP contribution in [0.5, 0.6) is 0 Å². The highest BCUT2D eigenvalue weighted by Crippen LogP contribution is 2.33. The van der Waals surface area contributed by atoms with E-state index in [0.29, 0.717) is 37.5 Å². The molecule has 0 bridgehead atoms. The van der Waals surface area contributed by atoms with Crippen molar-refractivity contribution in [1.82, 2.24) is 10.2 Å². The van der Waals surface area contributed by atoms with Crippen molar-refractivity contribution in [2.75, 3.05) is 19.6 Å². The lowest BCUT2D eigenvalue weighted by Gasteiger charge is -2.38. The van der Waals surface area contributed by atoms with Crippen molar-refractivity contribution in [3.8, 4) is 0 Å². The Kier molecular flexibility index (Phi) is 6.75. The van der Waals surface area contributed by atoms with Crippen molar-refractivity contribution in [3.63, 3.8) is 0 Å². The van der Waals surface area contributed by atoms with E-state index >= 15 is 0 Å². The molecule has 2 aromatic rings. The van der Waals surface area contributed by atoms with Gasteiger partial charge in [-0.1, -0.05) is 54.1 Å². The molecule has 0 aromatic heterocycles. The minimum atomic E-state index is -0.878. The van der Waals surface area contributed by atoms with Crippen molar-refractivity contribution in [1.29, 1.82) is 0 Å². The molecule has 2 amide bonds. The summed E-state index contributed by atoms with van der Waals surface area (Å²) < 4.78 is 0. The molecule has 2 aromatic carbocycles. The van der Waals surface area contributed by atoms with E-state index in [0.717, 1.165) is 24.8 Å². The van der Waals surface area contributed by atoms with Crippen molar-refractivity contribution in [3.05, 3.63) is 70.7 Å². The van der Waals surface area contributed by atoms with Gasteiger partial charge in [0.1, 0.15) is 0 Å². The lowest BCUT2D eigenvalue weighted by atomic mass is 9.84. The first kappa shape index (κ1) is 19.7. The quantitative estimate of drug-likeness (QED) is 0.725. The van der Waals surface area contributed by atoms with E-state index in [1.165, 1.54) is 5.56 Å². The number of hydrogen-bond donors (Lipinski definition) is 2. The molecule has 27 heavy (non-hydrogen) atoms. The average Bonchev–Trinajstić information content (AvgIpc) is 2.69. The summed E-state index contributed by atoms with van der Waals surface area (Å²) in [5, 5.41) is 14.5. The molecule has 1 saturated heterocycles. The zero-order chi connectivity index (χ0) is 19.1. The van der Waals surface area contributed by atoms with Gasteiger partial charge >= 0.3 is 6.03 Å². The highest BCUT2D eigenvalue weighted by Gasteiger charge is 2.35. The summed E-state index contributed by atoms with van der Waals surface area (Å²) >= 11 is 5.92. The van der Waals surface area contributed by atoms with Gasteiger partial charge < -0.3 is 15.3 Å². The molecule has 2 N–H and O–H groups in total. The van der Waals surface area contributed by atoms with Crippen LogP contribution in [0, 0.1) is 0 Å². The van der Waals surface area contributed by atoms with E-state index in [4.69, 9.17) is 11.6 Å². The number of carbonyl (C=O) groups is 1. The summed E-state index contributed by atoms with van der Waals surface area (Å²) in [6, 6.07) is 17.7. The molecule has 5 heteroatoms. The molecule has 0 spiro atoms. The van der Waals surface area contributed by atoms with Gasteiger partial charge in [-0.15, -0.1) is 0 Å². The minimum Gasteiger partial charge on any atom is -0.385 e. The van der Waals surface area contributed by atoms with Gasteiger partial charge in [0.05, 0.1) is 5.60 Å². The monoisotopic (exact) mass is 386 g/mol. The van der Waals surface area contributed by atoms with Crippen LogP contribution in [0.25, 0.3) is 0 Å². The maximum Gasteiger partial charge on any atom is 0.317 e. The number of unbranched alkanes of at least 4 members (excludes halogenated alkanes) is 1. The maximum atomic E-state index is 12.3. The fraction of sp³-hybridized carbons (Fsp3) is 0.409. The molecule has 4 nitrogen and oxygen atoms in total. The fourth-order valence-electron chi connectivity index (χ4n) is 3.53. The molecule has 3 rings (SSSR count). The van der Waals surface area contributed by atoms with Crippen LogP contribution in [-0.2, 0) is 12.0 Å². The summed E-state index contributed by atoms with van der Waals surface area (Å²) in [7, 11) is 0. The number of halogens is 1. The third-order valence-electron chi connectivity index (χ3n) is 5.27. The topological polar surface area (TPSA) is 52.6 Å². The Labute approximate surface area is 166 Å². The van der Waals surface area contributed by atoms with Gasteiger partial charge in [0.25, 0.3) is 0 Å². The van der Waals surface area contributed by atoms with Gasteiger partial charge in [-0.05, 0) is 55.4 Å². The predicted octanol–water partition coefficient (Wildman–Crippen LogP) is 4.36. The predicted molar refractivity (Wildman–Crippen MR) is 109 cm³/mol. The van der Waals surface area contributed by atoms with Crippen LogP contribution in [0.15, 0.2) is 54.6 Å². The van der Waals surface area contributed by atoms with Crippen LogP contribution in [0.4, 0.5) is 4.79 Å². The Morgan fingerprint density at radius 3 is 2.37 bits per heavy atom. The highest BCUT2D eigenvalue weighted by molar-refractivity contribution is 6.30. The number of carbonyl (C=O) groups excluding carboxylic acids is 1. The molecule has 1 aliphatic heterocycles. The largest absolute Gasteiger partial charge is 0.385 e. The summed E-state index contributed by atoms with van der Waals surface area (Å²) in [6.07, 6.45) is 4.13. The first-order valence-electron chi connectivity index (χ1n) is 9.62. The normalized spacial score (nSPS) is 16.1. The molecule has 0 aliphatic carbocycles. The Morgan fingerprint density at radius 1 is 1.04 bits per heavy atom. The second kappa shape index (κ2) is 9.25. The molecular formula is C22H27ClN2O2. The lowest BCUT2D eigenvalue weighted by molar-refractivity contribution is -0.0167. The smallest absolute Gasteiger partial charge is 0.317 e. The van der Waals surface area contributed by atoms with Gasteiger partial charge in [0.15, 0.2) is 0 Å². The molecule has 0 unspecified atom stereocenters. The number of nitrogens with zero attached hydrogens (tertiary/aromatic N) is 1. The van der Waals surface area contributed by atoms with Crippen LogP contribution in [0.2, 0.25) is 5.02 Å². The average molecular weight is 387 g/mol. The van der Waals surface area contributed by atoms with E-state index < -0.39 is 5.60 Å². The molecule has 0 saturated carbocycles. The number of hydrogen-bond acceptors (Lipinski definition) is 2. The number of urea groups is 1. The van der Waals surface area contributed by atoms with Crippen LogP contribution in [0.3, 0.4) is 0 Å². The minimum absolute atomic E-state index is 0.0344. The van der Waals surface area contributed by atoms with Crippen LogP contribution < -0.4 is 5.32 Å². The Balaban J connectivity index is 1.37. The summed E-state index contributed by atoms with van der Waals surface area (Å²) in [6.45, 7) is 1.79. The van der Waals surface area contributed by atoms with Crippen LogP contribution in [-0.4, -0.2) is 35.7 Å². The van der Waals surface area contributed by atoms with Gasteiger partial charge in [0, 0.05) is 24.7 Å². The number of benzene rings is 2. The summed E-state index contributed by atoms with van der Waals surface area (Å²) in [4.78, 5) is 14.1. The number of rotatable bonds is 6. The van der Waals surface area contributed by atoms with Crippen molar-refractivity contribution in [2.45, 2.75) is 37.7 Å². The molecule has 144 valence electrons. The van der Waals surface area contributed by atoms with E-state index in [1.54, 1.807) is 17.0 Å². The van der Waals surface area contributed by atoms with Gasteiger partial charge in [0.2, 0.25) is 0 Å². The number of aliphatic hydroxyl groups is 1. The molecule has 1 aliphatic rings. The molecule has 1 fully saturated rings. The van der Waals surface area contributed by atoms with Crippen LogP contribution >= 0.6 is 11.6 Å². The Morgan fingerprint density at radius 2 is 1.70 bits per heavy atom. The number of aryl methyl sites for hydroxylation is 1. The lowest BCUT2D eigenvalue weighted by Crippen LogP contribution is -2.48. The fourth-order valence-corrected chi connectivity index (χ4v) is 3.66. The second-order valence-corrected chi connectivity index (χ2v) is 7.64. The Hall–Kier alpha value is -2.04. The third kappa shape index (κ3) is 5.47. The number of likely N-dealkylation sites (tertiary alicyclic amines) is 1. The van der Waals surface area contributed by atoms with Crippen LogP contribution in [0.1, 0.15) is 36.8 Å². The van der Waals surface area contributed by atoms with Crippen molar-refractivity contribution in [2.24, 2.45) is 0 Å². The summed E-state index contributed by atoms with van der Waals surface area (Å²) in [5.74, 6) is 0. The first-order valence-corrected chi connectivity index (χ1v) is 10.00. The molecule has 0 atom stereocenters. The van der Waals surface area contributed by atoms with E-state index in [9.17, 15) is 9.90 Å². The van der Waals surface area contributed by atoms with Crippen molar-refractivity contribution >= 4 is 17.6 Å². The number of piperidine rings is 1. The first-order chi connectivity index (χ1) is 13.1. The molecule has 0 radical (unpaired) electrons. The zero-order valence-electron chi connectivity index (χ0n) is 15.5. The van der Waals surface area contributed by atoms with Gasteiger partial charge in [-0.2, -0.15) is 0 Å². The third-order valence-corrected chi connectivity index (χ3v) is 5.52. The summed E-state index contributed by atoms with van der Waals surface area (Å²) in [5.41, 5.74) is 1.33. The second-order valence-electron chi connectivity index (χ2n) is 7.20. The molecule has 1 heterocycles. The van der Waals surface area contributed by atoms with E-state index in [1.807, 2.05) is 18.2 Å². The SMILES string of the molecule is O=C(NCCCCc1ccccc1)N1CCC(O)(c2ccc(Cl)cc2)CC1. The zero-order valence-corrected chi connectivity index (χ0v) is 16.3. The standard InChI is InChI=1S/C22H27ClN2O2/c23-20-11-9-19(10-12-20)22(27)13-16-25(17-14-22)21(26)24-15-5-4-8-18-6-2-1-3-7-18/h1-3,6-7,9-12,27H,4-5,8,13-17H2,(H,24,26). The van der Waals surface area contributed by atoms with E-state index in [-0.39, 0.29) is 6.03 Å². The Bertz CT molecular complexity index is 726. The van der Waals surface area contributed by atoms with Crippen molar-refractivity contribution < 1.29 is 9.90 Å². The van der Waals surface area contributed by atoms with Gasteiger partial charge in [-0.3, -0.25) is 0 Å². The number of nitrogens with one attached hydrogen (secondary N) is 1. The number of amides is 2.